The van der Waals surface area contributed by atoms with Crippen molar-refractivity contribution in [2.45, 2.75) is 32.5 Å². The second-order valence-electron chi connectivity index (χ2n) is 3.65. The maximum Gasteiger partial charge on any atom is 0.404 e. The van der Waals surface area contributed by atoms with Gasteiger partial charge in [0.25, 0.3) is 0 Å². The standard InChI is InChI=1S/C10H20F3N3O/c1-3-15-9(17)7-16(4-2)8(5-6-14)10(11,12)13/h8H,3-7,14H2,1-2H3,(H,15,17). The van der Waals surface area contributed by atoms with Crippen molar-refractivity contribution in [2.75, 3.05) is 26.2 Å². The lowest BCUT2D eigenvalue weighted by Crippen LogP contribution is -2.50. The van der Waals surface area contributed by atoms with E-state index in [4.69, 9.17) is 5.73 Å². The minimum atomic E-state index is -4.36. The lowest BCUT2D eigenvalue weighted by atomic mass is 10.1. The van der Waals surface area contributed by atoms with Gasteiger partial charge in [0.05, 0.1) is 6.54 Å². The largest absolute Gasteiger partial charge is 0.404 e. The number of hydrogen-bond donors (Lipinski definition) is 2. The van der Waals surface area contributed by atoms with E-state index >= 15 is 0 Å². The van der Waals surface area contributed by atoms with Crippen LogP contribution in [0.2, 0.25) is 0 Å². The van der Waals surface area contributed by atoms with Crippen molar-refractivity contribution in [3.05, 3.63) is 0 Å². The predicted octanol–water partition coefficient (Wildman–Crippen LogP) is 0.724. The van der Waals surface area contributed by atoms with Crippen molar-refractivity contribution < 1.29 is 18.0 Å². The van der Waals surface area contributed by atoms with Crippen LogP contribution in [0, 0.1) is 0 Å². The molecule has 1 amide bonds. The number of nitrogens with one attached hydrogen (secondary N) is 1. The highest BCUT2D eigenvalue weighted by atomic mass is 19.4. The fourth-order valence-electron chi connectivity index (χ4n) is 1.59. The number of hydrogen-bond acceptors (Lipinski definition) is 3. The molecule has 0 saturated heterocycles. The van der Waals surface area contributed by atoms with Gasteiger partial charge in [0.15, 0.2) is 0 Å². The monoisotopic (exact) mass is 255 g/mol. The van der Waals surface area contributed by atoms with Gasteiger partial charge in [0.1, 0.15) is 6.04 Å². The molecule has 0 aliphatic rings. The van der Waals surface area contributed by atoms with Gasteiger partial charge in [0, 0.05) is 6.54 Å². The molecular formula is C10H20F3N3O. The van der Waals surface area contributed by atoms with E-state index in [0.717, 1.165) is 4.90 Å². The molecule has 0 aliphatic heterocycles. The van der Waals surface area contributed by atoms with Crippen LogP contribution in [0.25, 0.3) is 0 Å². The summed E-state index contributed by atoms with van der Waals surface area (Å²) >= 11 is 0. The summed E-state index contributed by atoms with van der Waals surface area (Å²) in [5.74, 6) is -0.402. The molecule has 0 aromatic rings. The Bertz CT molecular complexity index is 233. The van der Waals surface area contributed by atoms with E-state index < -0.39 is 18.1 Å². The number of carbonyl (C=O) groups is 1. The Kier molecular flexibility index (Phi) is 7.13. The number of carbonyl (C=O) groups excluding carboxylic acids is 1. The van der Waals surface area contributed by atoms with E-state index in [1.807, 2.05) is 0 Å². The molecule has 7 heteroatoms. The Hall–Kier alpha value is -0.820. The van der Waals surface area contributed by atoms with Crippen LogP contribution < -0.4 is 11.1 Å². The van der Waals surface area contributed by atoms with E-state index in [9.17, 15) is 18.0 Å². The number of nitrogens with zero attached hydrogens (tertiary/aromatic N) is 1. The Morgan fingerprint density at radius 1 is 1.41 bits per heavy atom. The van der Waals surface area contributed by atoms with Crippen LogP contribution in [-0.4, -0.2) is 49.2 Å². The predicted molar refractivity (Wildman–Crippen MR) is 59.4 cm³/mol. The van der Waals surface area contributed by atoms with Crippen molar-refractivity contribution >= 4 is 5.91 Å². The van der Waals surface area contributed by atoms with Gasteiger partial charge in [-0.3, -0.25) is 9.69 Å². The number of halogens is 3. The van der Waals surface area contributed by atoms with Gasteiger partial charge >= 0.3 is 6.18 Å². The molecule has 0 heterocycles. The molecule has 1 unspecified atom stereocenters. The maximum absolute atomic E-state index is 12.8. The van der Waals surface area contributed by atoms with Crippen LogP contribution in [0.3, 0.4) is 0 Å². The zero-order valence-corrected chi connectivity index (χ0v) is 10.2. The first kappa shape index (κ1) is 16.2. The molecule has 4 nitrogen and oxygen atoms in total. The molecule has 0 saturated carbocycles. The number of rotatable bonds is 7. The average molecular weight is 255 g/mol. The average Bonchev–Trinajstić information content (AvgIpc) is 2.22. The molecule has 0 radical (unpaired) electrons. The van der Waals surface area contributed by atoms with Crippen molar-refractivity contribution in [3.8, 4) is 0 Å². The summed E-state index contributed by atoms with van der Waals surface area (Å²) in [6.07, 6.45) is -4.56. The lowest BCUT2D eigenvalue weighted by Gasteiger charge is -2.31. The highest BCUT2D eigenvalue weighted by Gasteiger charge is 2.42. The molecule has 0 rings (SSSR count). The molecule has 0 fully saturated rings. The minimum Gasteiger partial charge on any atom is -0.355 e. The maximum atomic E-state index is 12.8. The number of likely N-dealkylation sites (N-methyl/N-ethyl adjacent to an activating group) is 2. The molecule has 0 aromatic carbocycles. The zero-order chi connectivity index (χ0) is 13.5. The van der Waals surface area contributed by atoms with Crippen LogP contribution in [-0.2, 0) is 4.79 Å². The number of alkyl halides is 3. The van der Waals surface area contributed by atoms with Gasteiger partial charge in [-0.1, -0.05) is 6.92 Å². The summed E-state index contributed by atoms with van der Waals surface area (Å²) in [4.78, 5) is 12.4. The van der Waals surface area contributed by atoms with E-state index in [1.165, 1.54) is 0 Å². The van der Waals surface area contributed by atoms with Crippen LogP contribution in [0.4, 0.5) is 13.2 Å². The first-order valence-corrected chi connectivity index (χ1v) is 5.64. The zero-order valence-electron chi connectivity index (χ0n) is 10.2. The highest BCUT2D eigenvalue weighted by molar-refractivity contribution is 5.77. The number of nitrogens with two attached hydrogens (primary N) is 1. The summed E-state index contributed by atoms with van der Waals surface area (Å²) in [6, 6.07) is -1.65. The van der Waals surface area contributed by atoms with Crippen molar-refractivity contribution in [1.82, 2.24) is 10.2 Å². The summed E-state index contributed by atoms with van der Waals surface area (Å²) in [5.41, 5.74) is 5.18. The lowest BCUT2D eigenvalue weighted by molar-refractivity contribution is -0.185. The summed E-state index contributed by atoms with van der Waals surface area (Å²) in [6.45, 7) is 3.56. The first-order valence-electron chi connectivity index (χ1n) is 5.64. The van der Waals surface area contributed by atoms with E-state index in [0.29, 0.717) is 6.54 Å². The van der Waals surface area contributed by atoms with Crippen molar-refractivity contribution in [1.29, 1.82) is 0 Å². The Morgan fingerprint density at radius 2 is 2.00 bits per heavy atom. The third-order valence-electron chi connectivity index (χ3n) is 2.39. The van der Waals surface area contributed by atoms with E-state index in [1.54, 1.807) is 13.8 Å². The van der Waals surface area contributed by atoms with Gasteiger partial charge in [-0.05, 0) is 26.4 Å². The first-order chi connectivity index (χ1) is 7.86. The third-order valence-corrected chi connectivity index (χ3v) is 2.39. The van der Waals surface area contributed by atoms with Crippen molar-refractivity contribution in [2.24, 2.45) is 5.73 Å². The van der Waals surface area contributed by atoms with Crippen LogP contribution in [0.1, 0.15) is 20.3 Å². The molecule has 102 valence electrons. The van der Waals surface area contributed by atoms with Crippen LogP contribution in [0.15, 0.2) is 0 Å². The molecule has 1 atom stereocenters. The van der Waals surface area contributed by atoms with Crippen LogP contribution in [0.5, 0.6) is 0 Å². The molecule has 0 spiro atoms. The smallest absolute Gasteiger partial charge is 0.355 e. The second kappa shape index (κ2) is 7.50. The van der Waals surface area contributed by atoms with Crippen LogP contribution >= 0.6 is 0 Å². The van der Waals surface area contributed by atoms with Gasteiger partial charge in [0.2, 0.25) is 5.91 Å². The molecule has 0 aromatic heterocycles. The fourth-order valence-corrected chi connectivity index (χ4v) is 1.59. The van der Waals surface area contributed by atoms with Gasteiger partial charge in [-0.15, -0.1) is 0 Å². The van der Waals surface area contributed by atoms with Gasteiger partial charge in [-0.2, -0.15) is 13.2 Å². The third kappa shape index (κ3) is 5.88. The Balaban J connectivity index is 4.61. The molecule has 0 bridgehead atoms. The van der Waals surface area contributed by atoms with Gasteiger partial charge < -0.3 is 11.1 Å². The highest BCUT2D eigenvalue weighted by Crippen LogP contribution is 2.26. The molecular weight excluding hydrogens is 235 g/mol. The topological polar surface area (TPSA) is 58.4 Å². The Morgan fingerprint density at radius 3 is 2.35 bits per heavy atom. The Labute approximate surface area is 99.3 Å². The summed E-state index contributed by atoms with van der Waals surface area (Å²) < 4.78 is 38.3. The number of amides is 1. The summed E-state index contributed by atoms with van der Waals surface area (Å²) in [7, 11) is 0. The van der Waals surface area contributed by atoms with Gasteiger partial charge in [-0.25, -0.2) is 0 Å². The normalized spacial score (nSPS) is 13.8. The quantitative estimate of drug-likeness (QED) is 0.705. The molecule has 17 heavy (non-hydrogen) atoms. The van der Waals surface area contributed by atoms with Crippen molar-refractivity contribution in [3.63, 3.8) is 0 Å². The molecule has 0 aliphatic carbocycles. The summed E-state index contributed by atoms with van der Waals surface area (Å²) in [5, 5.41) is 2.48. The fraction of sp³-hybridized carbons (Fsp3) is 0.900. The second-order valence-corrected chi connectivity index (χ2v) is 3.65. The van der Waals surface area contributed by atoms with E-state index in [-0.39, 0.29) is 26.1 Å². The molecule has 3 N–H and O–H groups in total. The minimum absolute atomic E-state index is 0.0595. The SMILES string of the molecule is CCNC(=O)CN(CC)C(CCN)C(F)(F)F. The van der Waals surface area contributed by atoms with E-state index in [2.05, 4.69) is 5.32 Å².